The van der Waals surface area contributed by atoms with Crippen molar-refractivity contribution in [3.8, 4) is 17.2 Å². The molecule has 0 fully saturated rings. The van der Waals surface area contributed by atoms with Gasteiger partial charge in [-0.25, -0.2) is 8.78 Å². The Labute approximate surface area is 147 Å². The molecule has 0 saturated heterocycles. The highest BCUT2D eigenvalue weighted by Crippen LogP contribution is 2.31. The number of allylic oxidation sites excluding steroid dienone is 3. The smallest absolute Gasteiger partial charge is 0.134 e. The van der Waals surface area contributed by atoms with Crippen molar-refractivity contribution >= 4 is 5.57 Å². The highest BCUT2D eigenvalue weighted by Gasteiger charge is 2.15. The number of rotatable bonds is 4. The molecule has 4 heteroatoms. The van der Waals surface area contributed by atoms with Crippen LogP contribution in [0, 0.1) is 36.8 Å². The Bertz CT molecular complexity index is 901. The minimum Gasteiger partial charge on any atom is -0.379 e. The van der Waals surface area contributed by atoms with Crippen LogP contribution in [0.4, 0.5) is 8.78 Å². The van der Waals surface area contributed by atoms with Crippen LogP contribution in [0.2, 0.25) is 0 Å². The van der Waals surface area contributed by atoms with Crippen LogP contribution in [-0.4, -0.2) is 7.05 Å². The average molecular weight is 338 g/mol. The summed E-state index contributed by atoms with van der Waals surface area (Å²) in [4.78, 5) is 0. The third-order valence-electron chi connectivity index (χ3n) is 4.28. The van der Waals surface area contributed by atoms with Crippen LogP contribution in [0.15, 0.2) is 48.2 Å². The summed E-state index contributed by atoms with van der Waals surface area (Å²) in [7, 11) is 1.67. The van der Waals surface area contributed by atoms with Gasteiger partial charge >= 0.3 is 0 Å². The van der Waals surface area contributed by atoms with E-state index in [9.17, 15) is 14.0 Å². The summed E-state index contributed by atoms with van der Waals surface area (Å²) in [6.07, 6.45) is 0. The predicted molar refractivity (Wildman–Crippen MR) is 97.7 cm³/mol. The molecule has 0 heterocycles. The Morgan fingerprint density at radius 1 is 1.12 bits per heavy atom. The summed E-state index contributed by atoms with van der Waals surface area (Å²) in [6, 6.07) is 10.3. The van der Waals surface area contributed by atoms with Gasteiger partial charge in [-0.3, -0.25) is 0 Å². The normalized spacial score (nSPS) is 11.6. The van der Waals surface area contributed by atoms with Gasteiger partial charge in [0.05, 0.1) is 0 Å². The Kier molecular flexibility index (Phi) is 5.38. The zero-order chi connectivity index (χ0) is 18.7. The zero-order valence-corrected chi connectivity index (χ0v) is 14.8. The first-order chi connectivity index (χ1) is 11.8. The van der Waals surface area contributed by atoms with Gasteiger partial charge in [-0.05, 0) is 54.7 Å². The molecule has 0 spiro atoms. The maximum atomic E-state index is 14.5. The number of benzene rings is 2. The first-order valence-corrected chi connectivity index (χ1v) is 7.85. The van der Waals surface area contributed by atoms with E-state index in [2.05, 4.69) is 18.0 Å². The van der Waals surface area contributed by atoms with Gasteiger partial charge in [0.25, 0.3) is 0 Å². The van der Waals surface area contributed by atoms with E-state index in [0.717, 1.165) is 11.1 Å². The molecule has 2 aromatic carbocycles. The molecule has 0 aliphatic rings. The van der Waals surface area contributed by atoms with Crippen LogP contribution in [0.25, 0.3) is 16.7 Å². The summed E-state index contributed by atoms with van der Waals surface area (Å²) in [5.41, 5.74) is 4.05. The lowest BCUT2D eigenvalue weighted by Gasteiger charge is -2.13. The second-order valence-corrected chi connectivity index (χ2v) is 5.94. The van der Waals surface area contributed by atoms with Gasteiger partial charge in [-0.15, -0.1) is 0 Å². The van der Waals surface area contributed by atoms with E-state index in [1.807, 2.05) is 6.92 Å². The van der Waals surface area contributed by atoms with Crippen molar-refractivity contribution in [2.45, 2.75) is 20.8 Å². The van der Waals surface area contributed by atoms with Crippen molar-refractivity contribution in [1.29, 1.82) is 5.26 Å². The zero-order valence-electron chi connectivity index (χ0n) is 14.8. The molecule has 0 radical (unpaired) electrons. The number of hydrogen-bond donors (Lipinski definition) is 1. The molecule has 0 aliphatic carbocycles. The number of nitriles is 1. The minimum atomic E-state index is -0.428. The molecule has 1 N–H and O–H groups in total. The second-order valence-electron chi connectivity index (χ2n) is 5.94. The van der Waals surface area contributed by atoms with Crippen molar-refractivity contribution in [3.05, 3.63) is 76.5 Å². The molecule has 0 aromatic heterocycles. The average Bonchev–Trinajstić information content (AvgIpc) is 2.60. The second kappa shape index (κ2) is 7.31. The molecule has 25 heavy (non-hydrogen) atoms. The SMILES string of the molecule is C=C(C)/C(=C(/C#N)NC)c1ccc(-c2cc(F)c(C)c(C)c2F)cc1. The Hall–Kier alpha value is -2.93. The first kappa shape index (κ1) is 18.4. The molecule has 2 rings (SSSR count). The lowest BCUT2D eigenvalue weighted by atomic mass is 9.94. The van der Waals surface area contributed by atoms with E-state index < -0.39 is 11.6 Å². The van der Waals surface area contributed by atoms with Crippen LogP contribution in [0.1, 0.15) is 23.6 Å². The fraction of sp³-hybridized carbons (Fsp3) is 0.190. The van der Waals surface area contributed by atoms with Gasteiger partial charge in [0, 0.05) is 18.2 Å². The molecule has 2 aromatic rings. The van der Waals surface area contributed by atoms with Crippen molar-refractivity contribution in [2.75, 3.05) is 7.05 Å². The molecule has 0 bridgehead atoms. The van der Waals surface area contributed by atoms with Crippen LogP contribution in [-0.2, 0) is 0 Å². The highest BCUT2D eigenvalue weighted by molar-refractivity contribution is 5.83. The summed E-state index contributed by atoms with van der Waals surface area (Å²) in [5, 5.41) is 12.1. The van der Waals surface area contributed by atoms with Crippen LogP contribution >= 0.6 is 0 Å². The summed E-state index contributed by atoms with van der Waals surface area (Å²) < 4.78 is 28.5. The standard InChI is InChI=1S/C21H20F2N2/c1-12(2)20(19(11-24)25-5)16-8-6-15(7-9-16)17-10-18(22)13(3)14(4)21(17)23/h6-10,25H,1H2,2-5H3/b20-19+. The van der Waals surface area contributed by atoms with Crippen molar-refractivity contribution in [3.63, 3.8) is 0 Å². The number of hydrogen-bond acceptors (Lipinski definition) is 2. The van der Waals surface area contributed by atoms with E-state index in [0.29, 0.717) is 28.0 Å². The molecule has 0 unspecified atom stereocenters. The molecule has 0 aliphatic heterocycles. The Balaban J connectivity index is 2.57. The van der Waals surface area contributed by atoms with Gasteiger partial charge in [-0.2, -0.15) is 5.26 Å². The minimum absolute atomic E-state index is 0.224. The first-order valence-electron chi connectivity index (χ1n) is 7.85. The summed E-state index contributed by atoms with van der Waals surface area (Å²) >= 11 is 0. The van der Waals surface area contributed by atoms with Crippen LogP contribution in [0.5, 0.6) is 0 Å². The van der Waals surface area contributed by atoms with E-state index in [4.69, 9.17) is 0 Å². The quantitative estimate of drug-likeness (QED) is 0.608. The summed E-state index contributed by atoms with van der Waals surface area (Å²) in [6.45, 7) is 8.86. The highest BCUT2D eigenvalue weighted by atomic mass is 19.1. The van der Waals surface area contributed by atoms with Gasteiger partial charge in [0.15, 0.2) is 0 Å². The fourth-order valence-electron chi connectivity index (χ4n) is 2.71. The van der Waals surface area contributed by atoms with Crippen LogP contribution in [0.3, 0.4) is 0 Å². The number of nitrogens with one attached hydrogen (secondary N) is 1. The van der Waals surface area contributed by atoms with Gasteiger partial charge in [0.1, 0.15) is 23.4 Å². The molecule has 0 saturated carbocycles. The Morgan fingerprint density at radius 2 is 1.72 bits per heavy atom. The maximum absolute atomic E-state index is 14.5. The topological polar surface area (TPSA) is 35.8 Å². The van der Waals surface area contributed by atoms with Crippen molar-refractivity contribution in [1.82, 2.24) is 5.32 Å². The van der Waals surface area contributed by atoms with E-state index in [1.165, 1.54) is 6.07 Å². The van der Waals surface area contributed by atoms with Crippen LogP contribution < -0.4 is 5.32 Å². The van der Waals surface area contributed by atoms with Gasteiger partial charge < -0.3 is 5.32 Å². The van der Waals surface area contributed by atoms with E-state index >= 15 is 0 Å². The lowest BCUT2D eigenvalue weighted by Crippen LogP contribution is -2.07. The monoisotopic (exact) mass is 338 g/mol. The largest absolute Gasteiger partial charge is 0.379 e. The predicted octanol–water partition coefficient (Wildman–Crippen LogP) is 5.28. The van der Waals surface area contributed by atoms with Gasteiger partial charge in [0.2, 0.25) is 0 Å². The fourth-order valence-corrected chi connectivity index (χ4v) is 2.71. The third kappa shape index (κ3) is 3.46. The van der Waals surface area contributed by atoms with Crippen molar-refractivity contribution in [2.24, 2.45) is 0 Å². The number of nitrogens with zero attached hydrogens (tertiary/aromatic N) is 1. The van der Waals surface area contributed by atoms with Crippen molar-refractivity contribution < 1.29 is 8.78 Å². The number of halogens is 2. The van der Waals surface area contributed by atoms with E-state index in [1.54, 1.807) is 45.2 Å². The maximum Gasteiger partial charge on any atom is 0.134 e. The van der Waals surface area contributed by atoms with Gasteiger partial charge in [-0.1, -0.05) is 30.8 Å². The van der Waals surface area contributed by atoms with E-state index in [-0.39, 0.29) is 5.56 Å². The third-order valence-corrected chi connectivity index (χ3v) is 4.28. The Morgan fingerprint density at radius 3 is 2.20 bits per heavy atom. The molecule has 0 amide bonds. The molecule has 0 atom stereocenters. The lowest BCUT2D eigenvalue weighted by molar-refractivity contribution is 0.587. The molecule has 128 valence electrons. The summed E-state index contributed by atoms with van der Waals surface area (Å²) in [5.74, 6) is -0.849. The molecule has 2 nitrogen and oxygen atoms in total. The molecular weight excluding hydrogens is 318 g/mol. The molecular formula is C21H20F2N2.